The maximum absolute atomic E-state index is 12.7. The van der Waals surface area contributed by atoms with Crippen molar-refractivity contribution in [2.45, 2.75) is 26.7 Å². The van der Waals surface area contributed by atoms with E-state index in [-0.39, 0.29) is 5.91 Å². The minimum atomic E-state index is 0.0595. The number of amides is 1. The lowest BCUT2D eigenvalue weighted by Gasteiger charge is -2.18. The summed E-state index contributed by atoms with van der Waals surface area (Å²) in [6.45, 7) is 5.33. The third-order valence-corrected chi connectivity index (χ3v) is 4.26. The minimum Gasteiger partial charge on any atom is -0.338 e. The number of hydrogen-bond donors (Lipinski definition) is 0. The topological polar surface area (TPSA) is 59.0 Å². The smallest absolute Gasteiger partial charge is 0.257 e. The molecule has 5 heteroatoms. The normalized spacial score (nSPS) is 17.7. The van der Waals surface area contributed by atoms with Crippen molar-refractivity contribution in [1.29, 1.82) is 0 Å². The van der Waals surface area contributed by atoms with Crippen LogP contribution in [-0.4, -0.2) is 38.8 Å². The standard InChI is InChI=1S/C17H20N4O/c1-12-16(13(2)20-11-19-12)17(22)21-7-5-15(10-21)8-14-4-3-6-18-9-14/h3-4,6,9,11,15H,5,7-8,10H2,1-2H3. The average Bonchev–Trinajstić information content (AvgIpc) is 2.96. The van der Waals surface area contributed by atoms with Gasteiger partial charge in [-0.2, -0.15) is 0 Å². The first-order chi connectivity index (χ1) is 10.6. The largest absolute Gasteiger partial charge is 0.338 e. The third-order valence-electron chi connectivity index (χ3n) is 4.26. The predicted molar refractivity (Wildman–Crippen MR) is 83.5 cm³/mol. The number of aryl methyl sites for hydroxylation is 2. The van der Waals surface area contributed by atoms with Gasteiger partial charge in [-0.25, -0.2) is 9.97 Å². The van der Waals surface area contributed by atoms with E-state index in [0.29, 0.717) is 11.5 Å². The third kappa shape index (κ3) is 2.98. The van der Waals surface area contributed by atoms with Gasteiger partial charge in [-0.3, -0.25) is 9.78 Å². The summed E-state index contributed by atoms with van der Waals surface area (Å²) in [6, 6.07) is 4.05. The van der Waals surface area contributed by atoms with Crippen LogP contribution in [0.1, 0.15) is 33.7 Å². The van der Waals surface area contributed by atoms with E-state index < -0.39 is 0 Å². The Bertz CT molecular complexity index is 651. The highest BCUT2D eigenvalue weighted by Gasteiger charge is 2.29. The Morgan fingerprint density at radius 2 is 2.09 bits per heavy atom. The van der Waals surface area contributed by atoms with E-state index in [1.165, 1.54) is 11.9 Å². The number of hydrogen-bond acceptors (Lipinski definition) is 4. The summed E-state index contributed by atoms with van der Waals surface area (Å²) in [6.07, 6.45) is 7.21. The molecule has 0 bridgehead atoms. The highest BCUT2D eigenvalue weighted by molar-refractivity contribution is 5.96. The van der Waals surface area contributed by atoms with Gasteiger partial charge in [0.2, 0.25) is 0 Å². The van der Waals surface area contributed by atoms with Crippen molar-refractivity contribution in [2.24, 2.45) is 5.92 Å². The molecule has 0 radical (unpaired) electrons. The molecule has 1 saturated heterocycles. The molecule has 3 heterocycles. The van der Waals surface area contributed by atoms with Crippen LogP contribution in [-0.2, 0) is 6.42 Å². The van der Waals surface area contributed by atoms with Crippen molar-refractivity contribution >= 4 is 5.91 Å². The molecule has 0 saturated carbocycles. The summed E-state index contributed by atoms with van der Waals surface area (Å²) in [5, 5.41) is 0. The summed E-state index contributed by atoms with van der Waals surface area (Å²) < 4.78 is 0. The lowest BCUT2D eigenvalue weighted by molar-refractivity contribution is 0.0784. The van der Waals surface area contributed by atoms with Crippen molar-refractivity contribution in [2.75, 3.05) is 13.1 Å². The molecule has 1 aliphatic rings. The molecule has 5 nitrogen and oxygen atoms in total. The highest BCUT2D eigenvalue weighted by atomic mass is 16.2. The fourth-order valence-corrected chi connectivity index (χ4v) is 3.10. The number of nitrogens with zero attached hydrogens (tertiary/aromatic N) is 4. The molecule has 0 spiro atoms. The Labute approximate surface area is 130 Å². The van der Waals surface area contributed by atoms with E-state index >= 15 is 0 Å². The van der Waals surface area contributed by atoms with E-state index in [2.05, 4.69) is 21.0 Å². The SMILES string of the molecule is Cc1ncnc(C)c1C(=O)N1CCC(Cc2cccnc2)C1. The van der Waals surface area contributed by atoms with Gasteiger partial charge in [0.25, 0.3) is 5.91 Å². The fraction of sp³-hybridized carbons (Fsp3) is 0.412. The van der Waals surface area contributed by atoms with Crippen LogP contribution >= 0.6 is 0 Å². The van der Waals surface area contributed by atoms with Gasteiger partial charge < -0.3 is 4.90 Å². The van der Waals surface area contributed by atoms with Crippen LogP contribution in [0.4, 0.5) is 0 Å². The average molecular weight is 296 g/mol. The summed E-state index contributed by atoms with van der Waals surface area (Å²) in [7, 11) is 0. The maximum atomic E-state index is 12.7. The van der Waals surface area contributed by atoms with Crippen LogP contribution < -0.4 is 0 Å². The molecular formula is C17H20N4O. The second kappa shape index (κ2) is 6.22. The Kier molecular flexibility index (Phi) is 4.13. The molecule has 0 aliphatic carbocycles. The van der Waals surface area contributed by atoms with Crippen molar-refractivity contribution in [3.05, 3.63) is 53.4 Å². The van der Waals surface area contributed by atoms with Crippen LogP contribution in [0.5, 0.6) is 0 Å². The van der Waals surface area contributed by atoms with Crippen LogP contribution in [0.2, 0.25) is 0 Å². The number of rotatable bonds is 3. The molecule has 0 aromatic carbocycles. The zero-order chi connectivity index (χ0) is 15.5. The second-order valence-corrected chi connectivity index (χ2v) is 5.89. The first-order valence-corrected chi connectivity index (χ1v) is 7.61. The molecule has 3 rings (SSSR count). The van der Waals surface area contributed by atoms with Crippen LogP contribution in [0.3, 0.4) is 0 Å². The van der Waals surface area contributed by atoms with Gasteiger partial charge in [-0.15, -0.1) is 0 Å². The van der Waals surface area contributed by atoms with E-state index in [9.17, 15) is 4.79 Å². The first-order valence-electron chi connectivity index (χ1n) is 7.61. The van der Waals surface area contributed by atoms with Gasteiger partial charge in [0.1, 0.15) is 6.33 Å². The van der Waals surface area contributed by atoms with E-state index in [1.54, 1.807) is 6.20 Å². The maximum Gasteiger partial charge on any atom is 0.257 e. The van der Waals surface area contributed by atoms with Crippen molar-refractivity contribution in [3.8, 4) is 0 Å². The monoisotopic (exact) mass is 296 g/mol. The van der Waals surface area contributed by atoms with Crippen LogP contribution in [0.25, 0.3) is 0 Å². The van der Waals surface area contributed by atoms with E-state index in [0.717, 1.165) is 37.3 Å². The summed E-state index contributed by atoms with van der Waals surface area (Å²) in [5.74, 6) is 0.558. The van der Waals surface area contributed by atoms with Crippen molar-refractivity contribution in [1.82, 2.24) is 19.9 Å². The molecule has 0 N–H and O–H groups in total. The van der Waals surface area contributed by atoms with E-state index in [4.69, 9.17) is 0 Å². The zero-order valence-electron chi connectivity index (χ0n) is 13.0. The molecule has 22 heavy (non-hydrogen) atoms. The van der Waals surface area contributed by atoms with Crippen LogP contribution in [0, 0.1) is 19.8 Å². The van der Waals surface area contributed by atoms with E-state index in [1.807, 2.05) is 31.0 Å². The van der Waals surface area contributed by atoms with Crippen molar-refractivity contribution in [3.63, 3.8) is 0 Å². The molecule has 1 unspecified atom stereocenters. The molecule has 114 valence electrons. The van der Waals surface area contributed by atoms with Gasteiger partial charge in [0.15, 0.2) is 0 Å². The van der Waals surface area contributed by atoms with Gasteiger partial charge in [0.05, 0.1) is 17.0 Å². The number of aromatic nitrogens is 3. The number of pyridine rings is 1. The predicted octanol–water partition coefficient (Wildman–Crippen LogP) is 2.19. The number of carbonyl (C=O) groups excluding carboxylic acids is 1. The second-order valence-electron chi connectivity index (χ2n) is 5.89. The Morgan fingerprint density at radius 3 is 2.77 bits per heavy atom. The Morgan fingerprint density at radius 1 is 1.32 bits per heavy atom. The summed E-state index contributed by atoms with van der Waals surface area (Å²) in [5.41, 5.74) is 3.41. The lowest BCUT2D eigenvalue weighted by atomic mass is 10.00. The first kappa shape index (κ1) is 14.6. The van der Waals surface area contributed by atoms with Gasteiger partial charge >= 0.3 is 0 Å². The van der Waals surface area contributed by atoms with Gasteiger partial charge in [0, 0.05) is 25.5 Å². The molecule has 1 atom stereocenters. The Hall–Kier alpha value is -2.30. The number of likely N-dealkylation sites (tertiary alicyclic amines) is 1. The van der Waals surface area contributed by atoms with Crippen molar-refractivity contribution < 1.29 is 4.79 Å². The van der Waals surface area contributed by atoms with Gasteiger partial charge in [-0.1, -0.05) is 6.07 Å². The fourth-order valence-electron chi connectivity index (χ4n) is 3.10. The zero-order valence-corrected chi connectivity index (χ0v) is 13.0. The molecular weight excluding hydrogens is 276 g/mol. The quantitative estimate of drug-likeness (QED) is 0.871. The molecule has 1 fully saturated rings. The summed E-state index contributed by atoms with van der Waals surface area (Å²) >= 11 is 0. The highest BCUT2D eigenvalue weighted by Crippen LogP contribution is 2.23. The van der Waals surface area contributed by atoms with Gasteiger partial charge in [-0.05, 0) is 44.2 Å². The molecule has 2 aromatic heterocycles. The van der Waals surface area contributed by atoms with Crippen LogP contribution in [0.15, 0.2) is 30.9 Å². The minimum absolute atomic E-state index is 0.0595. The number of carbonyl (C=O) groups is 1. The lowest BCUT2D eigenvalue weighted by Crippen LogP contribution is -2.30. The Balaban J connectivity index is 1.69. The molecule has 1 amide bonds. The molecule has 2 aromatic rings. The summed E-state index contributed by atoms with van der Waals surface area (Å²) in [4.78, 5) is 27.1. The molecule has 1 aliphatic heterocycles.